The van der Waals surface area contributed by atoms with Crippen molar-refractivity contribution in [2.75, 3.05) is 0 Å². The van der Waals surface area contributed by atoms with Gasteiger partial charge in [0.25, 0.3) is 0 Å². The van der Waals surface area contributed by atoms with Crippen molar-refractivity contribution in [1.29, 1.82) is 5.41 Å². The highest BCUT2D eigenvalue weighted by atomic mass is 32.1. The summed E-state index contributed by atoms with van der Waals surface area (Å²) in [7, 11) is 0. The molecule has 0 bridgehead atoms. The molecule has 0 aliphatic rings. The average molecular weight is 355 g/mol. The van der Waals surface area contributed by atoms with Crippen molar-refractivity contribution in [3.63, 3.8) is 0 Å². The maximum atomic E-state index is 7.54. The molecule has 0 unspecified atom stereocenters. The summed E-state index contributed by atoms with van der Waals surface area (Å²) in [6, 6.07) is 18.3. The first kappa shape index (κ1) is 16.4. The monoisotopic (exact) mass is 355 g/mol. The molecule has 1 N–H and O–H groups in total. The molecule has 26 heavy (non-hydrogen) atoms. The molecule has 0 radical (unpaired) electrons. The molecule has 0 aliphatic carbocycles. The summed E-state index contributed by atoms with van der Waals surface area (Å²) in [5, 5.41) is 9.74. The fraction of sp³-hybridized carbons (Fsp3) is 0.0455. The fourth-order valence-electron chi connectivity index (χ4n) is 3.03. The van der Waals surface area contributed by atoms with Crippen LogP contribution in [0.2, 0.25) is 0 Å². The van der Waals surface area contributed by atoms with Gasteiger partial charge in [-0.1, -0.05) is 60.7 Å². The number of nitrogens with zero attached hydrogens (tertiary/aromatic N) is 2. The van der Waals surface area contributed by atoms with Crippen LogP contribution in [0.1, 0.15) is 12.6 Å². The second kappa shape index (κ2) is 7.02. The number of hydrogen-bond donors (Lipinski definition) is 1. The average Bonchev–Trinajstić information content (AvgIpc) is 3.06. The van der Waals surface area contributed by atoms with Crippen molar-refractivity contribution in [2.45, 2.75) is 6.92 Å². The zero-order chi connectivity index (χ0) is 17.9. The number of benzene rings is 2. The predicted molar refractivity (Wildman–Crippen MR) is 112 cm³/mol. The van der Waals surface area contributed by atoms with E-state index in [2.05, 4.69) is 12.1 Å². The molecule has 0 spiro atoms. The van der Waals surface area contributed by atoms with Crippen molar-refractivity contribution < 1.29 is 0 Å². The number of rotatable bonds is 4. The third-order valence-electron chi connectivity index (χ3n) is 4.15. The fourth-order valence-corrected chi connectivity index (χ4v) is 4.11. The molecule has 4 heteroatoms. The third-order valence-corrected chi connectivity index (χ3v) is 5.22. The van der Waals surface area contributed by atoms with Crippen LogP contribution in [-0.4, -0.2) is 16.2 Å². The zero-order valence-corrected chi connectivity index (χ0v) is 15.1. The van der Waals surface area contributed by atoms with Gasteiger partial charge in [0, 0.05) is 32.8 Å². The van der Waals surface area contributed by atoms with Gasteiger partial charge in [0.05, 0.1) is 5.69 Å². The third kappa shape index (κ3) is 2.85. The van der Waals surface area contributed by atoms with E-state index in [9.17, 15) is 0 Å². The van der Waals surface area contributed by atoms with Crippen LogP contribution < -0.4 is 0 Å². The molecule has 0 saturated carbocycles. The lowest BCUT2D eigenvalue weighted by Crippen LogP contribution is -1.96. The summed E-state index contributed by atoms with van der Waals surface area (Å²) in [6.45, 7) is 1.97. The van der Waals surface area contributed by atoms with Crippen molar-refractivity contribution >= 4 is 43.4 Å². The number of hydrogen-bond acceptors (Lipinski definition) is 4. The first-order valence-corrected chi connectivity index (χ1v) is 9.22. The molecule has 4 aromatic rings. The molecule has 2 aromatic carbocycles. The Kier molecular flexibility index (Phi) is 4.42. The van der Waals surface area contributed by atoms with Crippen LogP contribution in [0.15, 0.2) is 72.8 Å². The van der Waals surface area contributed by atoms with E-state index in [1.165, 1.54) is 10.9 Å². The SMILES string of the molecule is C/C=C\C(=C/C=N)c1nc(-c2ccccc2)nc2sc3ccccc3c12. The molecule has 0 atom stereocenters. The van der Waals surface area contributed by atoms with Gasteiger partial charge in [-0.25, -0.2) is 9.97 Å². The molecule has 0 aliphatic heterocycles. The van der Waals surface area contributed by atoms with Gasteiger partial charge in [-0.15, -0.1) is 11.3 Å². The minimum absolute atomic E-state index is 0.708. The van der Waals surface area contributed by atoms with E-state index < -0.39 is 0 Å². The van der Waals surface area contributed by atoms with E-state index in [0.717, 1.165) is 32.4 Å². The van der Waals surface area contributed by atoms with Gasteiger partial charge >= 0.3 is 0 Å². The Bertz CT molecular complexity index is 1150. The quantitative estimate of drug-likeness (QED) is 0.354. The largest absolute Gasteiger partial charge is 0.309 e. The molecule has 0 amide bonds. The zero-order valence-electron chi connectivity index (χ0n) is 14.3. The molecule has 2 heterocycles. The standard InChI is InChI=1S/C22H17N3S/c1-2-8-15(13-14-23)20-19-17-11-6-7-12-18(17)26-22(19)25-21(24-20)16-9-4-3-5-10-16/h2-14,23H,1H3/b8-2-,15-13+,23-14?. The van der Waals surface area contributed by atoms with Gasteiger partial charge in [0.15, 0.2) is 5.82 Å². The summed E-state index contributed by atoms with van der Waals surface area (Å²) in [6.07, 6.45) is 7.05. The Balaban J connectivity index is 2.11. The van der Waals surface area contributed by atoms with E-state index in [1.807, 2.05) is 61.5 Å². The number of allylic oxidation sites excluding steroid dienone is 4. The molecule has 126 valence electrons. The molecular weight excluding hydrogens is 338 g/mol. The lowest BCUT2D eigenvalue weighted by molar-refractivity contribution is 1.21. The molecular formula is C22H17N3S. The Hall–Kier alpha value is -3.11. The summed E-state index contributed by atoms with van der Waals surface area (Å²) < 4.78 is 1.19. The Morgan fingerprint density at radius 1 is 1.00 bits per heavy atom. The van der Waals surface area contributed by atoms with Gasteiger partial charge in [0.2, 0.25) is 0 Å². The topological polar surface area (TPSA) is 49.6 Å². The van der Waals surface area contributed by atoms with Gasteiger partial charge in [-0.05, 0) is 19.1 Å². The molecule has 4 rings (SSSR count). The lowest BCUT2D eigenvalue weighted by Gasteiger charge is -2.08. The Morgan fingerprint density at radius 2 is 1.77 bits per heavy atom. The number of fused-ring (bicyclic) bond motifs is 3. The van der Waals surface area contributed by atoms with E-state index in [-0.39, 0.29) is 0 Å². The highest BCUT2D eigenvalue weighted by molar-refractivity contribution is 7.25. The first-order valence-electron chi connectivity index (χ1n) is 8.40. The van der Waals surface area contributed by atoms with Crippen molar-refractivity contribution in [2.24, 2.45) is 0 Å². The van der Waals surface area contributed by atoms with E-state index in [0.29, 0.717) is 5.82 Å². The van der Waals surface area contributed by atoms with Crippen LogP contribution >= 0.6 is 11.3 Å². The second-order valence-electron chi connectivity index (χ2n) is 5.83. The van der Waals surface area contributed by atoms with Crippen LogP contribution in [-0.2, 0) is 0 Å². The number of nitrogens with one attached hydrogen (secondary N) is 1. The normalized spacial score (nSPS) is 12.3. The smallest absolute Gasteiger partial charge is 0.161 e. The Morgan fingerprint density at radius 3 is 2.54 bits per heavy atom. The summed E-state index contributed by atoms with van der Waals surface area (Å²) in [5.74, 6) is 0.708. The maximum Gasteiger partial charge on any atom is 0.161 e. The molecule has 0 saturated heterocycles. The maximum absolute atomic E-state index is 7.54. The number of thiophene rings is 1. The minimum atomic E-state index is 0.708. The predicted octanol–water partition coefficient (Wildman–Crippen LogP) is 6.12. The highest BCUT2D eigenvalue weighted by Gasteiger charge is 2.16. The van der Waals surface area contributed by atoms with Crippen LogP contribution in [0.4, 0.5) is 0 Å². The van der Waals surface area contributed by atoms with Gasteiger partial charge in [-0.2, -0.15) is 0 Å². The summed E-state index contributed by atoms with van der Waals surface area (Å²) in [5.41, 5.74) is 2.77. The van der Waals surface area contributed by atoms with E-state index in [4.69, 9.17) is 15.4 Å². The van der Waals surface area contributed by atoms with Crippen molar-refractivity contribution in [3.8, 4) is 11.4 Å². The second-order valence-corrected chi connectivity index (χ2v) is 6.86. The molecule has 2 aromatic heterocycles. The highest BCUT2D eigenvalue weighted by Crippen LogP contribution is 2.37. The van der Waals surface area contributed by atoms with Gasteiger partial charge in [-0.3, -0.25) is 0 Å². The minimum Gasteiger partial charge on any atom is -0.309 e. The number of aromatic nitrogens is 2. The Labute approximate surface area is 155 Å². The van der Waals surface area contributed by atoms with Gasteiger partial charge in [0.1, 0.15) is 4.83 Å². The van der Waals surface area contributed by atoms with E-state index >= 15 is 0 Å². The van der Waals surface area contributed by atoms with Crippen molar-refractivity contribution in [1.82, 2.24) is 9.97 Å². The van der Waals surface area contributed by atoms with Gasteiger partial charge < -0.3 is 5.41 Å². The summed E-state index contributed by atoms with van der Waals surface area (Å²) in [4.78, 5) is 10.7. The molecule has 3 nitrogen and oxygen atoms in total. The lowest BCUT2D eigenvalue weighted by atomic mass is 10.0. The first-order chi connectivity index (χ1) is 12.8. The van der Waals surface area contributed by atoms with Crippen molar-refractivity contribution in [3.05, 3.63) is 78.5 Å². The van der Waals surface area contributed by atoms with Crippen LogP contribution in [0, 0.1) is 5.41 Å². The van der Waals surface area contributed by atoms with Crippen LogP contribution in [0.25, 0.3) is 37.3 Å². The van der Waals surface area contributed by atoms with Crippen LogP contribution in [0.3, 0.4) is 0 Å². The van der Waals surface area contributed by atoms with Crippen LogP contribution in [0.5, 0.6) is 0 Å². The van der Waals surface area contributed by atoms with E-state index in [1.54, 1.807) is 17.4 Å². The molecule has 0 fully saturated rings. The summed E-state index contributed by atoms with van der Waals surface area (Å²) >= 11 is 1.68.